The average Bonchev–Trinajstić information content (AvgIpc) is 3.20. The van der Waals surface area contributed by atoms with Crippen LogP contribution < -0.4 is 0 Å². The first-order valence-electron chi connectivity index (χ1n) is 7.45. The summed E-state index contributed by atoms with van der Waals surface area (Å²) in [5, 5.41) is 0.722. The molecule has 0 atom stereocenters. The number of nitrogens with zero attached hydrogens (tertiary/aromatic N) is 1. The van der Waals surface area contributed by atoms with E-state index >= 15 is 0 Å². The number of para-hydroxylation sites is 1. The highest BCUT2D eigenvalue weighted by atomic mass is 32.1. The number of esters is 2. The Hall–Kier alpha value is -2.93. The quantitative estimate of drug-likeness (QED) is 0.511. The van der Waals surface area contributed by atoms with Crippen molar-refractivity contribution in [1.29, 1.82) is 0 Å². The number of aryl methyl sites for hydroxylation is 1. The Balaban J connectivity index is 1.60. The first kappa shape index (κ1) is 16.9. The Bertz CT molecular complexity index is 920. The summed E-state index contributed by atoms with van der Waals surface area (Å²) in [7, 11) is 1.29. The molecule has 0 aliphatic heterocycles. The van der Waals surface area contributed by atoms with Crippen LogP contribution in [0, 0.1) is 6.92 Å². The van der Waals surface area contributed by atoms with Gasteiger partial charge in [0.15, 0.2) is 0 Å². The number of carbonyl (C=O) groups is 2. The van der Waals surface area contributed by atoms with Crippen molar-refractivity contribution in [2.24, 2.45) is 0 Å². The first-order valence-corrected chi connectivity index (χ1v) is 8.26. The maximum absolute atomic E-state index is 11.8. The van der Waals surface area contributed by atoms with Crippen LogP contribution in [0.3, 0.4) is 0 Å². The van der Waals surface area contributed by atoms with Gasteiger partial charge in [-0.2, -0.15) is 0 Å². The third-order valence-electron chi connectivity index (χ3n) is 3.40. The summed E-state index contributed by atoms with van der Waals surface area (Å²) >= 11 is 1.49. The van der Waals surface area contributed by atoms with E-state index in [1.165, 1.54) is 30.6 Å². The molecule has 2 heterocycles. The van der Waals surface area contributed by atoms with Crippen LogP contribution in [-0.2, 0) is 20.9 Å². The number of carbonyl (C=O) groups excluding carboxylic acids is 2. The lowest BCUT2D eigenvalue weighted by molar-refractivity contribution is -0.139. The summed E-state index contributed by atoms with van der Waals surface area (Å²) in [5.41, 5.74) is 1.21. The number of benzene rings is 1. The third-order valence-corrected chi connectivity index (χ3v) is 4.40. The number of methoxy groups -OCH3 is 1. The van der Waals surface area contributed by atoms with E-state index < -0.39 is 11.9 Å². The molecule has 0 aliphatic carbocycles. The van der Waals surface area contributed by atoms with Crippen molar-refractivity contribution in [2.45, 2.75) is 13.5 Å². The molecule has 0 saturated heterocycles. The minimum atomic E-state index is -0.520. The second-order valence-electron chi connectivity index (χ2n) is 5.14. The van der Waals surface area contributed by atoms with E-state index in [0.29, 0.717) is 17.1 Å². The molecule has 2 aromatic heterocycles. The van der Waals surface area contributed by atoms with Crippen LogP contribution in [0.4, 0.5) is 0 Å². The summed E-state index contributed by atoms with van der Waals surface area (Å²) in [6.07, 6.45) is 2.93. The minimum absolute atomic E-state index is 0.0686. The van der Waals surface area contributed by atoms with Crippen LogP contribution >= 0.6 is 11.3 Å². The largest absolute Gasteiger partial charge is 0.465 e. The summed E-state index contributed by atoms with van der Waals surface area (Å²) in [6, 6.07) is 9.25. The van der Waals surface area contributed by atoms with Gasteiger partial charge in [0, 0.05) is 6.08 Å². The van der Waals surface area contributed by atoms with Crippen molar-refractivity contribution in [3.63, 3.8) is 0 Å². The van der Waals surface area contributed by atoms with Gasteiger partial charge < -0.3 is 13.9 Å². The molecular formula is C18H15NO5S. The molecule has 0 spiro atoms. The van der Waals surface area contributed by atoms with Crippen molar-refractivity contribution < 1.29 is 23.5 Å². The smallest absolute Gasteiger partial charge is 0.341 e. The lowest BCUT2D eigenvalue weighted by Crippen LogP contribution is -2.01. The standard InChI is InChI=1S/C18H15NO5S/c1-11-13(18(21)22-2)9-12(24-11)10-23-17(20)8-7-16-19-14-5-3-4-6-15(14)25-16/h3-9H,10H2,1-2H3/b8-7+. The third kappa shape index (κ3) is 3.95. The molecule has 0 bridgehead atoms. The van der Waals surface area contributed by atoms with E-state index in [1.54, 1.807) is 13.0 Å². The predicted molar refractivity (Wildman–Crippen MR) is 93.2 cm³/mol. The van der Waals surface area contributed by atoms with Crippen molar-refractivity contribution >= 4 is 39.6 Å². The molecule has 128 valence electrons. The topological polar surface area (TPSA) is 78.6 Å². The lowest BCUT2D eigenvalue weighted by atomic mass is 10.2. The number of hydrogen-bond donors (Lipinski definition) is 0. The van der Waals surface area contributed by atoms with Crippen molar-refractivity contribution in [2.75, 3.05) is 7.11 Å². The van der Waals surface area contributed by atoms with Gasteiger partial charge in [-0.1, -0.05) is 12.1 Å². The second-order valence-corrected chi connectivity index (χ2v) is 6.20. The highest BCUT2D eigenvalue weighted by Gasteiger charge is 2.15. The minimum Gasteiger partial charge on any atom is -0.465 e. The number of furan rings is 1. The number of fused-ring (bicyclic) bond motifs is 1. The molecular weight excluding hydrogens is 342 g/mol. The van der Waals surface area contributed by atoms with Gasteiger partial charge in [-0.3, -0.25) is 0 Å². The molecule has 0 radical (unpaired) electrons. The number of rotatable bonds is 5. The number of thiazole rings is 1. The molecule has 0 unspecified atom stereocenters. The van der Waals surface area contributed by atoms with E-state index in [1.807, 2.05) is 24.3 Å². The number of aromatic nitrogens is 1. The lowest BCUT2D eigenvalue weighted by Gasteiger charge is -1.97. The van der Waals surface area contributed by atoms with E-state index in [4.69, 9.17) is 9.15 Å². The highest BCUT2D eigenvalue weighted by Crippen LogP contribution is 2.22. The maximum Gasteiger partial charge on any atom is 0.341 e. The van der Waals surface area contributed by atoms with E-state index in [0.717, 1.165) is 15.2 Å². The monoisotopic (exact) mass is 357 g/mol. The summed E-state index contributed by atoms with van der Waals surface area (Å²) in [5.74, 6) is -0.218. The Morgan fingerprint density at radius 2 is 2.12 bits per heavy atom. The fourth-order valence-corrected chi connectivity index (χ4v) is 3.09. The van der Waals surface area contributed by atoms with Crippen LogP contribution in [0.1, 0.15) is 26.9 Å². The van der Waals surface area contributed by atoms with Gasteiger partial charge in [0.1, 0.15) is 28.7 Å². The molecule has 0 N–H and O–H groups in total. The van der Waals surface area contributed by atoms with E-state index in [-0.39, 0.29) is 6.61 Å². The van der Waals surface area contributed by atoms with Crippen LogP contribution in [0.25, 0.3) is 16.3 Å². The normalized spacial score (nSPS) is 11.1. The summed E-state index contributed by atoms with van der Waals surface area (Å²) in [4.78, 5) is 27.7. The molecule has 1 aromatic carbocycles. The Morgan fingerprint density at radius 3 is 2.88 bits per heavy atom. The fraction of sp³-hybridized carbons (Fsp3) is 0.167. The van der Waals surface area contributed by atoms with Crippen LogP contribution in [0.2, 0.25) is 0 Å². The molecule has 0 saturated carbocycles. The Morgan fingerprint density at radius 1 is 1.32 bits per heavy atom. The molecule has 7 heteroatoms. The summed E-state index contributed by atoms with van der Waals surface area (Å²) in [6.45, 7) is 1.57. The Kier molecular flexibility index (Phi) is 4.95. The van der Waals surface area contributed by atoms with E-state index in [9.17, 15) is 9.59 Å². The molecule has 0 aliphatic rings. The zero-order chi connectivity index (χ0) is 17.8. The van der Waals surface area contributed by atoms with Crippen LogP contribution in [0.5, 0.6) is 0 Å². The molecule has 0 amide bonds. The van der Waals surface area contributed by atoms with Crippen molar-refractivity contribution in [3.8, 4) is 0 Å². The van der Waals surface area contributed by atoms with Gasteiger partial charge in [-0.05, 0) is 31.2 Å². The van der Waals surface area contributed by atoms with Gasteiger partial charge in [0.05, 0.1) is 17.3 Å². The zero-order valence-electron chi connectivity index (χ0n) is 13.6. The molecule has 6 nitrogen and oxygen atoms in total. The van der Waals surface area contributed by atoms with Gasteiger partial charge >= 0.3 is 11.9 Å². The number of ether oxygens (including phenoxy) is 2. The van der Waals surface area contributed by atoms with Crippen molar-refractivity contribution in [3.05, 3.63) is 58.5 Å². The van der Waals surface area contributed by atoms with Gasteiger partial charge in [0.2, 0.25) is 0 Å². The second kappa shape index (κ2) is 7.31. The first-order chi connectivity index (χ1) is 12.1. The summed E-state index contributed by atoms with van der Waals surface area (Å²) < 4.78 is 16.2. The SMILES string of the molecule is COC(=O)c1cc(COC(=O)/C=C/c2nc3ccccc3s2)oc1C. The van der Waals surface area contributed by atoms with Gasteiger partial charge in [-0.25, -0.2) is 14.6 Å². The van der Waals surface area contributed by atoms with Gasteiger partial charge in [-0.15, -0.1) is 11.3 Å². The van der Waals surface area contributed by atoms with Crippen molar-refractivity contribution in [1.82, 2.24) is 4.98 Å². The Labute approximate surface area is 147 Å². The highest BCUT2D eigenvalue weighted by molar-refractivity contribution is 7.19. The number of hydrogen-bond acceptors (Lipinski definition) is 7. The molecule has 3 rings (SSSR count). The van der Waals surface area contributed by atoms with Crippen LogP contribution in [-0.4, -0.2) is 24.0 Å². The predicted octanol–water partition coefficient (Wildman–Crippen LogP) is 3.74. The zero-order valence-corrected chi connectivity index (χ0v) is 14.5. The molecule has 0 fully saturated rings. The van der Waals surface area contributed by atoms with Gasteiger partial charge in [0.25, 0.3) is 0 Å². The maximum atomic E-state index is 11.8. The van der Waals surface area contributed by atoms with E-state index in [2.05, 4.69) is 9.72 Å². The fourth-order valence-electron chi connectivity index (χ4n) is 2.22. The average molecular weight is 357 g/mol. The molecule has 25 heavy (non-hydrogen) atoms. The van der Waals surface area contributed by atoms with Crippen LogP contribution in [0.15, 0.2) is 40.8 Å². The molecule has 3 aromatic rings.